The molecule has 4 N–H and O–H groups in total. The second kappa shape index (κ2) is 13.7. The lowest BCUT2D eigenvalue weighted by atomic mass is 9.98. The third-order valence-electron chi connectivity index (χ3n) is 7.00. The maximum absolute atomic E-state index is 12.9. The number of carboxylic acids is 1. The smallest absolute Gasteiger partial charge is 0.324 e. The number of benzene rings is 1. The molecule has 0 saturated heterocycles. The molecule has 2 aromatic heterocycles. The van der Waals surface area contributed by atoms with E-state index in [1.54, 1.807) is 36.5 Å². The van der Waals surface area contributed by atoms with Crippen LogP contribution in [0, 0.1) is 5.92 Å². The molecule has 10 nitrogen and oxygen atoms in total. The second-order valence-electron chi connectivity index (χ2n) is 10.7. The van der Waals surface area contributed by atoms with E-state index in [4.69, 9.17) is 9.63 Å². The number of carboxylic acid groups (broad SMARTS) is 1. The Balaban J connectivity index is 1.31. The standard InChI is InChI=1S/C30H37N5O5/c1-19(2)16-25(26-18-23(40-35-26)13-14-28(37)38)33-27(36)17-20-9-11-22(12-10-20)32-30(39)34-29-24(8-5-15-31-29)21-6-3-4-7-21/h5,8-12,15,18-19,21,25H,3-4,6-7,13-14,16-17H2,1-2H3,(H,33,36)(H,37,38)(H2,31,32,34,39). The Bertz CT molecular complexity index is 1300. The van der Waals surface area contributed by atoms with E-state index in [2.05, 4.69) is 39.9 Å². The number of urea groups is 1. The molecular weight excluding hydrogens is 510 g/mol. The molecule has 3 aromatic rings. The van der Waals surface area contributed by atoms with Gasteiger partial charge < -0.3 is 20.3 Å². The van der Waals surface area contributed by atoms with Gasteiger partial charge in [-0.25, -0.2) is 9.78 Å². The number of nitrogens with zero attached hydrogens (tertiary/aromatic N) is 2. The van der Waals surface area contributed by atoms with E-state index in [0.717, 1.165) is 24.0 Å². The van der Waals surface area contributed by atoms with Gasteiger partial charge in [0.15, 0.2) is 0 Å². The third-order valence-corrected chi connectivity index (χ3v) is 7.00. The van der Waals surface area contributed by atoms with Crippen LogP contribution < -0.4 is 16.0 Å². The number of anilines is 2. The number of pyridine rings is 1. The van der Waals surface area contributed by atoms with Gasteiger partial charge in [0.1, 0.15) is 17.3 Å². The molecule has 0 spiro atoms. The summed E-state index contributed by atoms with van der Waals surface area (Å²) in [6, 6.07) is 12.1. The molecule has 0 aliphatic heterocycles. The van der Waals surface area contributed by atoms with Crippen molar-refractivity contribution in [3.05, 3.63) is 71.2 Å². The molecule has 0 bridgehead atoms. The van der Waals surface area contributed by atoms with Crippen LogP contribution in [-0.4, -0.2) is 33.2 Å². The van der Waals surface area contributed by atoms with Crippen LogP contribution in [0.4, 0.5) is 16.3 Å². The molecule has 1 fully saturated rings. The van der Waals surface area contributed by atoms with E-state index in [0.29, 0.717) is 41.2 Å². The average Bonchev–Trinajstić information content (AvgIpc) is 3.61. The number of carbonyl (C=O) groups is 3. The lowest BCUT2D eigenvalue weighted by Gasteiger charge is -2.18. The van der Waals surface area contributed by atoms with Gasteiger partial charge in [-0.3, -0.25) is 14.9 Å². The first-order valence-corrected chi connectivity index (χ1v) is 13.9. The number of carbonyl (C=O) groups excluding carboxylic acids is 2. The highest BCUT2D eigenvalue weighted by molar-refractivity contribution is 5.99. The summed E-state index contributed by atoms with van der Waals surface area (Å²) < 4.78 is 5.28. The molecule has 1 aliphatic rings. The quantitative estimate of drug-likeness (QED) is 0.223. The van der Waals surface area contributed by atoms with Crippen molar-refractivity contribution < 1.29 is 24.0 Å². The number of hydrogen-bond acceptors (Lipinski definition) is 6. The second-order valence-corrected chi connectivity index (χ2v) is 10.7. The fraction of sp³-hybridized carbons (Fsp3) is 0.433. The minimum atomic E-state index is -0.909. The van der Waals surface area contributed by atoms with Gasteiger partial charge in [-0.2, -0.15) is 0 Å². The van der Waals surface area contributed by atoms with E-state index in [9.17, 15) is 14.4 Å². The van der Waals surface area contributed by atoms with Crippen LogP contribution in [0.15, 0.2) is 53.2 Å². The Morgan fingerprint density at radius 1 is 1.07 bits per heavy atom. The molecule has 1 aromatic carbocycles. The van der Waals surface area contributed by atoms with E-state index in [-0.39, 0.29) is 37.2 Å². The predicted octanol–water partition coefficient (Wildman–Crippen LogP) is 5.83. The number of nitrogens with one attached hydrogen (secondary N) is 3. The lowest BCUT2D eigenvalue weighted by molar-refractivity contribution is -0.137. The van der Waals surface area contributed by atoms with Crippen molar-refractivity contribution in [3.63, 3.8) is 0 Å². The van der Waals surface area contributed by atoms with Crippen molar-refractivity contribution in [2.75, 3.05) is 10.6 Å². The Kier molecular flexibility index (Phi) is 9.88. The van der Waals surface area contributed by atoms with Crippen LogP contribution in [-0.2, 0) is 22.4 Å². The van der Waals surface area contributed by atoms with Crippen LogP contribution in [0.2, 0.25) is 0 Å². The molecule has 40 heavy (non-hydrogen) atoms. The fourth-order valence-electron chi connectivity index (χ4n) is 5.06. The van der Waals surface area contributed by atoms with E-state index < -0.39 is 5.97 Å². The molecule has 1 saturated carbocycles. The first-order valence-electron chi connectivity index (χ1n) is 13.9. The van der Waals surface area contributed by atoms with Crippen molar-refractivity contribution in [2.45, 2.75) is 77.2 Å². The van der Waals surface area contributed by atoms with Gasteiger partial charge in [0, 0.05) is 24.4 Å². The molecule has 212 valence electrons. The summed E-state index contributed by atoms with van der Waals surface area (Å²) >= 11 is 0. The zero-order chi connectivity index (χ0) is 28.5. The molecule has 1 unspecified atom stereocenters. The van der Waals surface area contributed by atoms with Gasteiger partial charge in [0.05, 0.1) is 18.9 Å². The van der Waals surface area contributed by atoms with Gasteiger partial charge in [-0.15, -0.1) is 0 Å². The van der Waals surface area contributed by atoms with Crippen LogP contribution in [0.5, 0.6) is 0 Å². The average molecular weight is 548 g/mol. The van der Waals surface area contributed by atoms with Crippen LogP contribution in [0.25, 0.3) is 0 Å². The number of aliphatic carboxylic acids is 1. The molecule has 4 rings (SSSR count). The lowest BCUT2D eigenvalue weighted by Crippen LogP contribution is -2.31. The normalized spacial score (nSPS) is 14.2. The first-order chi connectivity index (χ1) is 19.3. The van der Waals surface area contributed by atoms with Gasteiger partial charge in [0.2, 0.25) is 5.91 Å². The maximum atomic E-state index is 12.9. The summed E-state index contributed by atoms with van der Waals surface area (Å²) in [6.45, 7) is 4.10. The van der Waals surface area contributed by atoms with Crippen molar-refractivity contribution in [3.8, 4) is 0 Å². The van der Waals surface area contributed by atoms with Crippen LogP contribution in [0.3, 0.4) is 0 Å². The molecule has 0 radical (unpaired) electrons. The van der Waals surface area contributed by atoms with Crippen LogP contribution in [0.1, 0.15) is 86.9 Å². The monoisotopic (exact) mass is 547 g/mol. The Hall–Kier alpha value is -4.21. The summed E-state index contributed by atoms with van der Waals surface area (Å²) in [4.78, 5) is 40.8. The minimum absolute atomic E-state index is 0.0486. The number of aryl methyl sites for hydroxylation is 1. The third kappa shape index (κ3) is 8.39. The first kappa shape index (κ1) is 28.8. The van der Waals surface area contributed by atoms with Crippen molar-refractivity contribution in [1.29, 1.82) is 0 Å². The summed E-state index contributed by atoms with van der Waals surface area (Å²) in [6.07, 6.45) is 7.31. The predicted molar refractivity (Wildman–Crippen MR) is 151 cm³/mol. The Morgan fingerprint density at radius 3 is 2.52 bits per heavy atom. The fourth-order valence-corrected chi connectivity index (χ4v) is 5.06. The van der Waals surface area contributed by atoms with Gasteiger partial charge in [-0.1, -0.05) is 50.0 Å². The van der Waals surface area contributed by atoms with E-state index >= 15 is 0 Å². The highest BCUT2D eigenvalue weighted by Gasteiger charge is 2.22. The summed E-state index contributed by atoms with van der Waals surface area (Å²) in [7, 11) is 0. The Morgan fingerprint density at radius 2 is 1.82 bits per heavy atom. The van der Waals surface area contributed by atoms with Crippen molar-refractivity contribution in [2.24, 2.45) is 5.92 Å². The van der Waals surface area contributed by atoms with E-state index in [1.807, 2.05) is 12.1 Å². The van der Waals surface area contributed by atoms with Crippen molar-refractivity contribution >= 4 is 29.4 Å². The zero-order valence-corrected chi connectivity index (χ0v) is 23.0. The molecule has 1 atom stereocenters. The molecule has 1 aliphatic carbocycles. The van der Waals surface area contributed by atoms with Gasteiger partial charge in [-0.05, 0) is 60.4 Å². The Labute approximate surface area is 233 Å². The summed E-state index contributed by atoms with van der Waals surface area (Å²) in [5.41, 5.74) is 3.06. The molecule has 2 heterocycles. The van der Waals surface area contributed by atoms with Gasteiger partial charge in [0.25, 0.3) is 0 Å². The number of aromatic nitrogens is 2. The molecule has 10 heteroatoms. The summed E-state index contributed by atoms with van der Waals surface area (Å²) in [5.74, 6) is 0.712. The van der Waals surface area contributed by atoms with Crippen LogP contribution >= 0.6 is 0 Å². The number of rotatable bonds is 12. The molecular formula is C30H37N5O5. The number of amides is 3. The highest BCUT2D eigenvalue weighted by atomic mass is 16.5. The topological polar surface area (TPSA) is 146 Å². The van der Waals surface area contributed by atoms with Gasteiger partial charge >= 0.3 is 12.0 Å². The largest absolute Gasteiger partial charge is 0.481 e. The number of hydrogen-bond donors (Lipinski definition) is 4. The molecule has 3 amide bonds. The zero-order valence-electron chi connectivity index (χ0n) is 23.0. The van der Waals surface area contributed by atoms with E-state index in [1.165, 1.54) is 12.8 Å². The highest BCUT2D eigenvalue weighted by Crippen LogP contribution is 2.36. The van der Waals surface area contributed by atoms with Crippen molar-refractivity contribution in [1.82, 2.24) is 15.5 Å². The minimum Gasteiger partial charge on any atom is -0.481 e. The SMILES string of the molecule is CC(C)CC(NC(=O)Cc1ccc(NC(=O)Nc2ncccc2C2CCCC2)cc1)c1cc(CCC(=O)O)on1. The maximum Gasteiger partial charge on any atom is 0.324 e. The summed E-state index contributed by atoms with van der Waals surface area (Å²) in [5, 5.41) is 21.7.